The second-order valence-electron chi connectivity index (χ2n) is 5.59. The predicted molar refractivity (Wildman–Crippen MR) is 76.0 cm³/mol. The van der Waals surface area contributed by atoms with E-state index >= 15 is 0 Å². The van der Waals surface area contributed by atoms with Gasteiger partial charge in [-0.05, 0) is 26.2 Å². The summed E-state index contributed by atoms with van der Waals surface area (Å²) >= 11 is 1.74. The van der Waals surface area contributed by atoms with Gasteiger partial charge in [-0.2, -0.15) is 0 Å². The lowest BCUT2D eigenvalue weighted by Gasteiger charge is -2.21. The van der Waals surface area contributed by atoms with Crippen LogP contribution < -0.4 is 0 Å². The molecule has 3 rings (SSSR count). The number of rotatable bonds is 3. The van der Waals surface area contributed by atoms with E-state index in [9.17, 15) is 4.79 Å². The molecule has 0 spiro atoms. The molecule has 0 atom stereocenters. The van der Waals surface area contributed by atoms with Gasteiger partial charge in [0.05, 0.1) is 11.2 Å². The first-order chi connectivity index (χ1) is 9.24. The average Bonchev–Trinajstić information content (AvgIpc) is 3.19. The number of hydrogen-bond acceptors (Lipinski definition) is 4. The minimum Gasteiger partial charge on any atom is -0.341 e. The Morgan fingerprint density at radius 1 is 1.37 bits per heavy atom. The Morgan fingerprint density at radius 2 is 2.21 bits per heavy atom. The molecule has 2 fully saturated rings. The Hall–Kier alpha value is -0.940. The quantitative estimate of drug-likeness (QED) is 0.848. The van der Waals surface area contributed by atoms with Crippen molar-refractivity contribution in [2.45, 2.75) is 32.7 Å². The van der Waals surface area contributed by atoms with E-state index in [2.05, 4.69) is 21.7 Å². The third kappa shape index (κ3) is 3.15. The molecule has 0 aromatic carbocycles. The summed E-state index contributed by atoms with van der Waals surface area (Å²) < 4.78 is 0. The third-order valence-electron chi connectivity index (χ3n) is 4.04. The number of aryl methyl sites for hydroxylation is 1. The molecule has 0 N–H and O–H groups in total. The van der Waals surface area contributed by atoms with Crippen molar-refractivity contribution in [3.8, 4) is 0 Å². The molecule has 2 aliphatic rings. The van der Waals surface area contributed by atoms with E-state index < -0.39 is 0 Å². The summed E-state index contributed by atoms with van der Waals surface area (Å²) in [7, 11) is 0. The summed E-state index contributed by atoms with van der Waals surface area (Å²) in [6, 6.07) is 0. The smallest absolute Gasteiger partial charge is 0.225 e. The van der Waals surface area contributed by atoms with Crippen LogP contribution in [-0.4, -0.2) is 46.9 Å². The standard InChI is InChI=1S/C14H21N3OS/c1-11-13(19-10-15-11)9-16-5-2-6-17(8-7-16)14(18)12-3-4-12/h10,12H,2-9H2,1H3. The number of hydrogen-bond donors (Lipinski definition) is 0. The molecule has 1 aliphatic heterocycles. The Bertz CT molecular complexity index is 455. The molecule has 1 aromatic heterocycles. The summed E-state index contributed by atoms with van der Waals surface area (Å²) in [6.45, 7) is 6.98. The zero-order chi connectivity index (χ0) is 13.2. The molecule has 0 unspecified atom stereocenters. The summed E-state index contributed by atoms with van der Waals surface area (Å²) in [5, 5.41) is 0. The van der Waals surface area contributed by atoms with E-state index in [4.69, 9.17) is 0 Å². The van der Waals surface area contributed by atoms with Gasteiger partial charge in [-0.3, -0.25) is 9.69 Å². The van der Waals surface area contributed by atoms with Crippen LogP contribution in [0.3, 0.4) is 0 Å². The molecular formula is C14H21N3OS. The van der Waals surface area contributed by atoms with Crippen molar-refractivity contribution in [3.63, 3.8) is 0 Å². The molecule has 0 radical (unpaired) electrons. The Labute approximate surface area is 118 Å². The molecule has 1 aromatic rings. The van der Waals surface area contributed by atoms with Gasteiger partial charge in [0.15, 0.2) is 0 Å². The first-order valence-corrected chi connectivity index (χ1v) is 8.02. The van der Waals surface area contributed by atoms with E-state index in [0.717, 1.165) is 57.7 Å². The van der Waals surface area contributed by atoms with E-state index in [1.54, 1.807) is 11.3 Å². The number of nitrogens with zero attached hydrogens (tertiary/aromatic N) is 3. The van der Waals surface area contributed by atoms with Crippen LogP contribution in [0.2, 0.25) is 0 Å². The molecule has 1 aliphatic carbocycles. The average molecular weight is 279 g/mol. The highest BCUT2D eigenvalue weighted by atomic mass is 32.1. The number of carbonyl (C=O) groups is 1. The van der Waals surface area contributed by atoms with E-state index in [1.165, 1.54) is 4.88 Å². The lowest BCUT2D eigenvalue weighted by Crippen LogP contribution is -2.35. The van der Waals surface area contributed by atoms with Gasteiger partial charge < -0.3 is 4.90 Å². The van der Waals surface area contributed by atoms with Crippen LogP contribution in [0.4, 0.5) is 0 Å². The van der Waals surface area contributed by atoms with Crippen LogP contribution in [0.15, 0.2) is 5.51 Å². The van der Waals surface area contributed by atoms with Crippen molar-refractivity contribution in [2.24, 2.45) is 5.92 Å². The molecule has 1 amide bonds. The van der Waals surface area contributed by atoms with E-state index in [0.29, 0.717) is 11.8 Å². The SMILES string of the molecule is Cc1ncsc1CN1CCCN(C(=O)C2CC2)CC1. The van der Waals surface area contributed by atoms with Gasteiger partial charge in [-0.1, -0.05) is 0 Å². The molecule has 4 nitrogen and oxygen atoms in total. The van der Waals surface area contributed by atoms with Crippen molar-refractivity contribution in [1.82, 2.24) is 14.8 Å². The molecule has 19 heavy (non-hydrogen) atoms. The summed E-state index contributed by atoms with van der Waals surface area (Å²) in [6.07, 6.45) is 3.31. The van der Waals surface area contributed by atoms with Gasteiger partial charge in [0.25, 0.3) is 0 Å². The predicted octanol–water partition coefficient (Wildman–Crippen LogP) is 1.90. The molecule has 104 valence electrons. The third-order valence-corrected chi connectivity index (χ3v) is 4.96. The van der Waals surface area contributed by atoms with Crippen LogP contribution in [0.1, 0.15) is 29.8 Å². The van der Waals surface area contributed by atoms with Crippen molar-refractivity contribution >= 4 is 17.2 Å². The largest absolute Gasteiger partial charge is 0.341 e. The van der Waals surface area contributed by atoms with Crippen molar-refractivity contribution in [2.75, 3.05) is 26.2 Å². The van der Waals surface area contributed by atoms with Crippen molar-refractivity contribution in [3.05, 3.63) is 16.1 Å². The van der Waals surface area contributed by atoms with Gasteiger partial charge in [0.1, 0.15) is 0 Å². The highest BCUT2D eigenvalue weighted by Crippen LogP contribution is 2.31. The normalized spacial score (nSPS) is 21.4. The first-order valence-electron chi connectivity index (χ1n) is 7.14. The molecule has 1 saturated heterocycles. The second kappa shape index (κ2) is 5.59. The molecule has 1 saturated carbocycles. The van der Waals surface area contributed by atoms with Gasteiger partial charge in [-0.25, -0.2) is 4.98 Å². The summed E-state index contributed by atoms with van der Waals surface area (Å²) in [5.74, 6) is 0.756. The fraction of sp³-hybridized carbons (Fsp3) is 0.714. The zero-order valence-electron chi connectivity index (χ0n) is 11.5. The maximum absolute atomic E-state index is 12.1. The van der Waals surface area contributed by atoms with Crippen LogP contribution in [-0.2, 0) is 11.3 Å². The second-order valence-corrected chi connectivity index (χ2v) is 6.53. The lowest BCUT2D eigenvalue weighted by atomic mass is 10.3. The Kier molecular flexibility index (Phi) is 3.84. The molecule has 5 heteroatoms. The fourth-order valence-corrected chi connectivity index (χ4v) is 3.44. The van der Waals surface area contributed by atoms with Crippen LogP contribution in [0, 0.1) is 12.8 Å². The zero-order valence-corrected chi connectivity index (χ0v) is 12.3. The van der Waals surface area contributed by atoms with E-state index in [1.807, 2.05) is 5.51 Å². The summed E-state index contributed by atoms with van der Waals surface area (Å²) in [4.78, 5) is 22.3. The number of amides is 1. The molecule has 0 bridgehead atoms. The highest BCUT2D eigenvalue weighted by molar-refractivity contribution is 7.09. The minimum absolute atomic E-state index is 0.357. The summed E-state index contributed by atoms with van der Waals surface area (Å²) in [5.41, 5.74) is 3.07. The van der Waals surface area contributed by atoms with Gasteiger partial charge >= 0.3 is 0 Å². The van der Waals surface area contributed by atoms with Crippen molar-refractivity contribution in [1.29, 1.82) is 0 Å². The monoisotopic (exact) mass is 279 g/mol. The lowest BCUT2D eigenvalue weighted by molar-refractivity contribution is -0.132. The van der Waals surface area contributed by atoms with Gasteiger partial charge in [-0.15, -0.1) is 11.3 Å². The van der Waals surface area contributed by atoms with E-state index in [-0.39, 0.29) is 0 Å². The van der Waals surface area contributed by atoms with Crippen LogP contribution in [0.25, 0.3) is 0 Å². The maximum atomic E-state index is 12.1. The highest BCUT2D eigenvalue weighted by Gasteiger charge is 2.33. The molecular weight excluding hydrogens is 258 g/mol. The van der Waals surface area contributed by atoms with Gasteiger partial charge in [0.2, 0.25) is 5.91 Å². The number of thiazole rings is 1. The van der Waals surface area contributed by atoms with Crippen LogP contribution in [0.5, 0.6) is 0 Å². The van der Waals surface area contributed by atoms with Gasteiger partial charge in [0, 0.05) is 43.5 Å². The minimum atomic E-state index is 0.357. The molecule has 2 heterocycles. The Morgan fingerprint density at radius 3 is 2.89 bits per heavy atom. The topological polar surface area (TPSA) is 36.4 Å². The van der Waals surface area contributed by atoms with Crippen molar-refractivity contribution < 1.29 is 4.79 Å². The maximum Gasteiger partial charge on any atom is 0.225 e. The number of carbonyl (C=O) groups excluding carboxylic acids is 1. The number of aromatic nitrogens is 1. The first kappa shape index (κ1) is 13.1. The Balaban J connectivity index is 1.55. The fourth-order valence-electron chi connectivity index (χ4n) is 2.62. The van der Waals surface area contributed by atoms with Crippen LogP contribution >= 0.6 is 11.3 Å².